The number of aliphatic carboxylic acids is 1. The number of rotatable bonds is 8. The minimum atomic E-state index is -1.74. The first-order chi connectivity index (χ1) is 14.0. The molecule has 0 saturated carbocycles. The molecule has 0 aliphatic carbocycles. The Morgan fingerprint density at radius 1 is 1.13 bits per heavy atom. The summed E-state index contributed by atoms with van der Waals surface area (Å²) in [5.74, 6) is -4.50. The third kappa shape index (κ3) is 5.03. The van der Waals surface area contributed by atoms with Crippen molar-refractivity contribution in [3.05, 3.63) is 44.0 Å². The zero-order chi connectivity index (χ0) is 22.6. The second kappa shape index (κ2) is 8.93. The number of nitrogens with zero attached hydrogens (tertiary/aromatic N) is 3. The number of hydrogen-bond donors (Lipinski definition) is 2. The molecule has 160 valence electrons. The highest BCUT2D eigenvalue weighted by molar-refractivity contribution is 5.99. The number of nitro groups is 2. The summed E-state index contributed by atoms with van der Waals surface area (Å²) in [4.78, 5) is 68.6. The normalized spacial score (nSPS) is 16.5. The van der Waals surface area contributed by atoms with Gasteiger partial charge in [0.25, 0.3) is 17.3 Å². The first-order valence-electron chi connectivity index (χ1n) is 8.55. The van der Waals surface area contributed by atoms with Gasteiger partial charge >= 0.3 is 0 Å². The second-order valence-electron chi connectivity index (χ2n) is 6.46. The van der Waals surface area contributed by atoms with Gasteiger partial charge in [0, 0.05) is 18.7 Å². The molecular formula is C16H16N5O9-. The number of primary amides is 1. The molecule has 14 nitrogen and oxygen atoms in total. The van der Waals surface area contributed by atoms with Gasteiger partial charge in [0.05, 0.1) is 39.9 Å². The van der Waals surface area contributed by atoms with Gasteiger partial charge in [-0.2, -0.15) is 0 Å². The molecule has 1 fully saturated rings. The van der Waals surface area contributed by atoms with Crippen molar-refractivity contribution in [3.8, 4) is 0 Å². The monoisotopic (exact) mass is 422 g/mol. The van der Waals surface area contributed by atoms with Gasteiger partial charge in [-0.25, -0.2) is 0 Å². The van der Waals surface area contributed by atoms with Crippen LogP contribution in [0.1, 0.15) is 29.6 Å². The Kier molecular flexibility index (Phi) is 6.61. The molecule has 1 heterocycles. The van der Waals surface area contributed by atoms with E-state index in [1.165, 1.54) is 0 Å². The minimum Gasteiger partial charge on any atom is -0.548 e. The molecule has 30 heavy (non-hydrogen) atoms. The Morgan fingerprint density at radius 3 is 2.17 bits per heavy atom. The van der Waals surface area contributed by atoms with E-state index in [2.05, 4.69) is 5.32 Å². The van der Waals surface area contributed by atoms with Gasteiger partial charge in [0.2, 0.25) is 11.8 Å². The van der Waals surface area contributed by atoms with Gasteiger partial charge in [-0.05, 0) is 12.8 Å². The number of nitrogens with one attached hydrogen (secondary N) is 1. The number of nitro benzene ring substituents is 2. The molecule has 0 radical (unpaired) electrons. The van der Waals surface area contributed by atoms with Crippen molar-refractivity contribution in [2.45, 2.75) is 31.3 Å². The molecule has 1 aromatic rings. The Balaban J connectivity index is 2.28. The third-order valence-corrected chi connectivity index (χ3v) is 4.39. The first kappa shape index (κ1) is 22.2. The fourth-order valence-electron chi connectivity index (χ4n) is 3.04. The lowest BCUT2D eigenvalue weighted by atomic mass is 10.1. The predicted molar refractivity (Wildman–Crippen MR) is 94.6 cm³/mol. The van der Waals surface area contributed by atoms with Crippen LogP contribution in [0.5, 0.6) is 0 Å². The molecule has 2 atom stereocenters. The van der Waals surface area contributed by atoms with Crippen LogP contribution in [0.15, 0.2) is 18.2 Å². The highest BCUT2D eigenvalue weighted by atomic mass is 16.6. The summed E-state index contributed by atoms with van der Waals surface area (Å²) in [5.41, 5.74) is 3.21. The number of hydrogen-bond acceptors (Lipinski definition) is 9. The average molecular weight is 422 g/mol. The third-order valence-electron chi connectivity index (χ3n) is 4.39. The number of carboxylic acid groups (broad SMARTS) is 1. The highest BCUT2D eigenvalue weighted by Gasteiger charge is 2.36. The van der Waals surface area contributed by atoms with Gasteiger partial charge in [0.15, 0.2) is 0 Å². The number of non-ortho nitro benzene ring substituents is 2. The van der Waals surface area contributed by atoms with Crippen LogP contribution in [0.4, 0.5) is 11.4 Å². The van der Waals surface area contributed by atoms with Crippen LogP contribution in [0.25, 0.3) is 0 Å². The molecule has 3 N–H and O–H groups in total. The standard InChI is InChI=1S/C16H17N5O9/c17-13(22)7-11(16(25)26)18-14(23)12-2-1-3-19(12)15(24)8-4-9(20(27)28)6-10(5-8)21(29)30/h4-6,11-12H,1-3,7H2,(H2,17,22)(H,18,23)(H,25,26)/p-1. The molecule has 0 aromatic heterocycles. The molecule has 2 rings (SSSR count). The second-order valence-corrected chi connectivity index (χ2v) is 6.46. The largest absolute Gasteiger partial charge is 0.548 e. The SMILES string of the molecule is NC(=O)CC(NC(=O)C1CCCN1C(=O)c1cc([N+](=O)[O-])cc([N+](=O)[O-])c1)C(=O)[O-]. The quantitative estimate of drug-likeness (QED) is 0.356. The van der Waals surface area contributed by atoms with Gasteiger partial charge in [-0.15, -0.1) is 0 Å². The number of amides is 3. The highest BCUT2D eigenvalue weighted by Crippen LogP contribution is 2.26. The molecule has 1 aromatic carbocycles. The van der Waals surface area contributed by atoms with E-state index in [4.69, 9.17) is 5.73 Å². The molecule has 0 bridgehead atoms. The van der Waals surface area contributed by atoms with Crippen molar-refractivity contribution in [3.63, 3.8) is 0 Å². The van der Waals surface area contributed by atoms with Gasteiger partial charge in [0.1, 0.15) is 6.04 Å². The molecule has 3 amide bonds. The molecule has 2 unspecified atom stereocenters. The van der Waals surface area contributed by atoms with E-state index in [1.54, 1.807) is 0 Å². The van der Waals surface area contributed by atoms with Crippen LogP contribution in [-0.4, -0.2) is 57.1 Å². The molecule has 0 spiro atoms. The van der Waals surface area contributed by atoms with Crippen LogP contribution in [0.3, 0.4) is 0 Å². The number of nitrogens with two attached hydrogens (primary N) is 1. The van der Waals surface area contributed by atoms with E-state index in [-0.39, 0.29) is 18.5 Å². The van der Waals surface area contributed by atoms with Crippen LogP contribution in [0, 0.1) is 20.2 Å². The lowest BCUT2D eigenvalue weighted by molar-refractivity contribution is -0.394. The zero-order valence-electron chi connectivity index (χ0n) is 15.3. The van der Waals surface area contributed by atoms with E-state index >= 15 is 0 Å². The lowest BCUT2D eigenvalue weighted by Gasteiger charge is -2.26. The topological polar surface area (TPSA) is 219 Å². The van der Waals surface area contributed by atoms with Crippen molar-refractivity contribution < 1.29 is 34.1 Å². The number of carbonyl (C=O) groups excluding carboxylic acids is 4. The minimum absolute atomic E-state index is 0.0548. The summed E-state index contributed by atoms with van der Waals surface area (Å²) < 4.78 is 0. The van der Waals surface area contributed by atoms with E-state index in [9.17, 15) is 44.5 Å². The van der Waals surface area contributed by atoms with Gasteiger partial charge in [-0.1, -0.05) is 0 Å². The van der Waals surface area contributed by atoms with E-state index < -0.39 is 63.4 Å². The zero-order valence-corrected chi connectivity index (χ0v) is 15.3. The molecule has 14 heteroatoms. The molecule has 1 aliphatic heterocycles. The Labute approximate surface area is 167 Å². The van der Waals surface area contributed by atoms with Crippen molar-refractivity contribution in [2.75, 3.05) is 6.54 Å². The fourth-order valence-corrected chi connectivity index (χ4v) is 3.04. The number of benzene rings is 1. The van der Waals surface area contributed by atoms with Gasteiger partial charge in [-0.3, -0.25) is 34.6 Å². The van der Waals surface area contributed by atoms with Crippen LogP contribution >= 0.6 is 0 Å². The molecule has 1 aliphatic rings. The maximum Gasteiger partial charge on any atom is 0.277 e. The maximum absolute atomic E-state index is 12.8. The Morgan fingerprint density at radius 2 is 1.70 bits per heavy atom. The Hall–Kier alpha value is -4.10. The van der Waals surface area contributed by atoms with Crippen LogP contribution in [-0.2, 0) is 14.4 Å². The van der Waals surface area contributed by atoms with Crippen LogP contribution in [0.2, 0.25) is 0 Å². The summed E-state index contributed by atoms with van der Waals surface area (Å²) >= 11 is 0. The summed E-state index contributed by atoms with van der Waals surface area (Å²) in [6.07, 6.45) is -0.219. The number of carboxylic acids is 1. The van der Waals surface area contributed by atoms with Crippen molar-refractivity contribution in [2.24, 2.45) is 5.73 Å². The lowest BCUT2D eigenvalue weighted by Crippen LogP contribution is -2.54. The average Bonchev–Trinajstić information content (AvgIpc) is 3.15. The summed E-state index contributed by atoms with van der Waals surface area (Å²) in [6.45, 7) is 0.0548. The number of likely N-dealkylation sites (tertiary alicyclic amines) is 1. The van der Waals surface area contributed by atoms with Crippen molar-refractivity contribution in [1.29, 1.82) is 0 Å². The van der Waals surface area contributed by atoms with E-state index in [0.29, 0.717) is 12.5 Å². The molecule has 1 saturated heterocycles. The summed E-state index contributed by atoms with van der Waals surface area (Å²) in [5, 5.41) is 35.2. The molecular weight excluding hydrogens is 406 g/mol. The smallest absolute Gasteiger partial charge is 0.277 e. The van der Waals surface area contributed by atoms with E-state index in [1.807, 2.05) is 0 Å². The van der Waals surface area contributed by atoms with Crippen molar-refractivity contribution in [1.82, 2.24) is 10.2 Å². The first-order valence-corrected chi connectivity index (χ1v) is 8.55. The fraction of sp³-hybridized carbons (Fsp3) is 0.375. The summed E-state index contributed by atoms with van der Waals surface area (Å²) in [6, 6.07) is -0.463. The van der Waals surface area contributed by atoms with Crippen LogP contribution < -0.4 is 16.2 Å². The maximum atomic E-state index is 12.8. The summed E-state index contributed by atoms with van der Waals surface area (Å²) in [7, 11) is 0. The van der Waals surface area contributed by atoms with Crippen molar-refractivity contribution >= 4 is 35.1 Å². The Bertz CT molecular complexity index is 899. The number of carbonyl (C=O) groups is 4. The predicted octanol–water partition coefficient (Wildman–Crippen LogP) is -1.78. The van der Waals surface area contributed by atoms with E-state index in [0.717, 1.165) is 17.0 Å². The van der Waals surface area contributed by atoms with Gasteiger partial charge < -0.3 is 25.9 Å².